The number of aromatic nitrogens is 2. The van der Waals surface area contributed by atoms with Crippen LogP contribution in [0.15, 0.2) is 59.5 Å². The van der Waals surface area contributed by atoms with Crippen LogP contribution in [0.1, 0.15) is 0 Å². The van der Waals surface area contributed by atoms with Gasteiger partial charge in [0, 0.05) is 28.1 Å². The first-order chi connectivity index (χ1) is 12.3. The standard InChI is InChI=1S/C16H11Cl2FN4O2S/c17-14-9-15(20-11-3-1-10(19)2-4-11)23-16(22-14)21-12-5-7-13(8-6-12)26(18,24)25/h1-9H,(H2,20,21,22,23). The largest absolute Gasteiger partial charge is 0.340 e. The Morgan fingerprint density at radius 2 is 1.46 bits per heavy atom. The summed E-state index contributed by atoms with van der Waals surface area (Å²) in [6.07, 6.45) is 0. The van der Waals surface area contributed by atoms with Crippen molar-refractivity contribution in [2.24, 2.45) is 0 Å². The molecule has 0 spiro atoms. The number of anilines is 4. The van der Waals surface area contributed by atoms with Gasteiger partial charge in [0.15, 0.2) is 0 Å². The Bertz CT molecular complexity index is 1030. The number of rotatable bonds is 5. The van der Waals surface area contributed by atoms with Crippen molar-refractivity contribution in [2.75, 3.05) is 10.6 Å². The van der Waals surface area contributed by atoms with Crippen molar-refractivity contribution in [2.45, 2.75) is 4.90 Å². The highest BCUT2D eigenvalue weighted by atomic mass is 35.7. The monoisotopic (exact) mass is 412 g/mol. The zero-order valence-electron chi connectivity index (χ0n) is 12.9. The van der Waals surface area contributed by atoms with Crippen molar-refractivity contribution >= 4 is 54.5 Å². The maximum atomic E-state index is 13.0. The molecule has 3 aromatic rings. The molecule has 6 nitrogen and oxygen atoms in total. The van der Waals surface area contributed by atoms with Crippen molar-refractivity contribution in [1.82, 2.24) is 9.97 Å². The van der Waals surface area contributed by atoms with Gasteiger partial charge in [0.05, 0.1) is 4.90 Å². The molecule has 0 saturated carbocycles. The predicted octanol–water partition coefficient (Wildman–Crippen LogP) is 4.68. The quantitative estimate of drug-likeness (QED) is 0.467. The highest BCUT2D eigenvalue weighted by molar-refractivity contribution is 8.13. The Morgan fingerprint density at radius 1 is 0.885 bits per heavy atom. The average molecular weight is 413 g/mol. The Balaban J connectivity index is 1.80. The average Bonchev–Trinajstić information content (AvgIpc) is 2.56. The third-order valence-electron chi connectivity index (χ3n) is 3.20. The van der Waals surface area contributed by atoms with Gasteiger partial charge in [-0.15, -0.1) is 0 Å². The van der Waals surface area contributed by atoms with E-state index >= 15 is 0 Å². The van der Waals surface area contributed by atoms with Crippen LogP contribution in [0.3, 0.4) is 0 Å². The summed E-state index contributed by atoms with van der Waals surface area (Å²) in [5.74, 6) is 0.253. The molecule has 0 aliphatic rings. The molecule has 3 rings (SSSR count). The molecular weight excluding hydrogens is 402 g/mol. The molecule has 0 amide bonds. The molecule has 26 heavy (non-hydrogen) atoms. The topological polar surface area (TPSA) is 84.0 Å². The Hall–Kier alpha value is -2.42. The SMILES string of the molecule is O=S(=O)(Cl)c1ccc(Nc2nc(Cl)cc(Nc3ccc(F)cc3)n2)cc1. The van der Waals surface area contributed by atoms with E-state index in [1.807, 2.05) is 0 Å². The second-order valence-corrected chi connectivity index (χ2v) is 8.07. The molecule has 0 fully saturated rings. The Kier molecular flexibility index (Phi) is 5.26. The zero-order chi connectivity index (χ0) is 18.7. The molecule has 2 aromatic carbocycles. The lowest BCUT2D eigenvalue weighted by Crippen LogP contribution is -2.01. The summed E-state index contributed by atoms with van der Waals surface area (Å²) in [6, 6.07) is 13.0. The molecule has 0 saturated heterocycles. The second kappa shape index (κ2) is 7.45. The molecule has 134 valence electrons. The van der Waals surface area contributed by atoms with Crippen LogP contribution in [0, 0.1) is 5.82 Å². The third kappa shape index (κ3) is 4.81. The lowest BCUT2D eigenvalue weighted by atomic mass is 10.3. The van der Waals surface area contributed by atoms with Gasteiger partial charge in [-0.3, -0.25) is 0 Å². The Morgan fingerprint density at radius 3 is 2.08 bits per heavy atom. The van der Waals surface area contributed by atoms with E-state index in [0.29, 0.717) is 17.2 Å². The van der Waals surface area contributed by atoms with Crippen LogP contribution >= 0.6 is 22.3 Å². The molecule has 0 aliphatic heterocycles. The van der Waals surface area contributed by atoms with Crippen LogP contribution in [-0.4, -0.2) is 18.4 Å². The van der Waals surface area contributed by atoms with Crippen molar-refractivity contribution in [3.63, 3.8) is 0 Å². The molecular formula is C16H11Cl2FN4O2S. The van der Waals surface area contributed by atoms with Crippen LogP contribution in [0.5, 0.6) is 0 Å². The first-order valence-corrected chi connectivity index (χ1v) is 9.87. The van der Waals surface area contributed by atoms with E-state index in [0.717, 1.165) is 0 Å². The van der Waals surface area contributed by atoms with Gasteiger partial charge in [0.1, 0.15) is 16.8 Å². The molecule has 0 radical (unpaired) electrons. The lowest BCUT2D eigenvalue weighted by molar-refractivity contribution is 0.609. The zero-order valence-corrected chi connectivity index (χ0v) is 15.3. The molecule has 0 bridgehead atoms. The molecule has 0 aliphatic carbocycles. The van der Waals surface area contributed by atoms with Crippen LogP contribution in [0.2, 0.25) is 5.15 Å². The summed E-state index contributed by atoms with van der Waals surface area (Å²) in [6.45, 7) is 0. The predicted molar refractivity (Wildman–Crippen MR) is 99.5 cm³/mol. The van der Waals surface area contributed by atoms with Gasteiger partial charge in [-0.25, -0.2) is 17.8 Å². The van der Waals surface area contributed by atoms with Gasteiger partial charge in [-0.05, 0) is 48.5 Å². The Labute approximate surface area is 158 Å². The lowest BCUT2D eigenvalue weighted by Gasteiger charge is -2.09. The third-order valence-corrected chi connectivity index (χ3v) is 4.77. The van der Waals surface area contributed by atoms with E-state index in [2.05, 4.69) is 20.6 Å². The smallest absolute Gasteiger partial charge is 0.261 e. The summed E-state index contributed by atoms with van der Waals surface area (Å²) in [7, 11) is 1.49. The van der Waals surface area contributed by atoms with Gasteiger partial charge >= 0.3 is 0 Å². The maximum absolute atomic E-state index is 13.0. The first kappa shape index (κ1) is 18.4. The van der Waals surface area contributed by atoms with Crippen molar-refractivity contribution in [3.8, 4) is 0 Å². The van der Waals surface area contributed by atoms with Gasteiger partial charge in [0.2, 0.25) is 5.95 Å². The molecule has 2 N–H and O–H groups in total. The highest BCUT2D eigenvalue weighted by Gasteiger charge is 2.10. The molecule has 0 unspecified atom stereocenters. The minimum absolute atomic E-state index is 0.0182. The van der Waals surface area contributed by atoms with E-state index in [9.17, 15) is 12.8 Å². The van der Waals surface area contributed by atoms with Gasteiger partial charge < -0.3 is 10.6 Å². The van der Waals surface area contributed by atoms with Crippen LogP contribution in [0.4, 0.5) is 27.5 Å². The number of hydrogen-bond acceptors (Lipinski definition) is 6. The van der Waals surface area contributed by atoms with Crippen LogP contribution < -0.4 is 10.6 Å². The first-order valence-electron chi connectivity index (χ1n) is 7.18. The van der Waals surface area contributed by atoms with E-state index in [1.165, 1.54) is 42.5 Å². The molecule has 10 heteroatoms. The van der Waals surface area contributed by atoms with E-state index < -0.39 is 9.05 Å². The fraction of sp³-hybridized carbons (Fsp3) is 0. The molecule has 1 aromatic heterocycles. The summed E-state index contributed by atoms with van der Waals surface area (Å²) >= 11 is 6.00. The fourth-order valence-electron chi connectivity index (χ4n) is 2.05. The van der Waals surface area contributed by atoms with Crippen LogP contribution in [-0.2, 0) is 9.05 Å². The summed E-state index contributed by atoms with van der Waals surface area (Å²) in [4.78, 5) is 8.30. The highest BCUT2D eigenvalue weighted by Crippen LogP contribution is 2.23. The van der Waals surface area contributed by atoms with Gasteiger partial charge in [0.25, 0.3) is 9.05 Å². The van der Waals surface area contributed by atoms with E-state index in [4.69, 9.17) is 22.3 Å². The summed E-state index contributed by atoms with van der Waals surface area (Å²) in [5.41, 5.74) is 1.17. The summed E-state index contributed by atoms with van der Waals surface area (Å²) in [5, 5.41) is 6.09. The fourth-order valence-corrected chi connectivity index (χ4v) is 3.00. The molecule has 1 heterocycles. The van der Waals surface area contributed by atoms with E-state index in [1.54, 1.807) is 12.1 Å². The number of hydrogen-bond donors (Lipinski definition) is 2. The van der Waals surface area contributed by atoms with Gasteiger partial charge in [-0.1, -0.05) is 11.6 Å². The normalized spacial score (nSPS) is 11.2. The number of halogens is 3. The van der Waals surface area contributed by atoms with Crippen LogP contribution in [0.25, 0.3) is 0 Å². The number of nitrogens with zero attached hydrogens (tertiary/aromatic N) is 2. The van der Waals surface area contributed by atoms with Gasteiger partial charge in [-0.2, -0.15) is 4.98 Å². The minimum atomic E-state index is -3.79. The number of nitrogens with one attached hydrogen (secondary N) is 2. The van der Waals surface area contributed by atoms with Crippen molar-refractivity contribution in [1.29, 1.82) is 0 Å². The van der Waals surface area contributed by atoms with Crippen molar-refractivity contribution < 1.29 is 12.8 Å². The minimum Gasteiger partial charge on any atom is -0.340 e. The number of benzene rings is 2. The second-order valence-electron chi connectivity index (χ2n) is 5.12. The summed E-state index contributed by atoms with van der Waals surface area (Å²) < 4.78 is 35.5. The van der Waals surface area contributed by atoms with Crippen molar-refractivity contribution in [3.05, 3.63) is 65.6 Å². The van der Waals surface area contributed by atoms with E-state index in [-0.39, 0.29) is 21.8 Å². The molecule has 0 atom stereocenters. The maximum Gasteiger partial charge on any atom is 0.261 e.